The lowest BCUT2D eigenvalue weighted by atomic mass is 9.85. The Balaban J connectivity index is 2.60. The van der Waals surface area contributed by atoms with Crippen molar-refractivity contribution in [1.29, 1.82) is 0 Å². The average molecular weight is 756 g/mol. The lowest BCUT2D eigenvalue weighted by molar-refractivity contribution is -0.220. The van der Waals surface area contributed by atoms with Crippen LogP contribution in [0.5, 0.6) is 0 Å². The lowest BCUT2D eigenvalue weighted by Crippen LogP contribution is -2.64. The molecular weight excluding hydrogens is 681 g/mol. The van der Waals surface area contributed by atoms with Crippen LogP contribution in [0.15, 0.2) is 0 Å². The first-order valence-electron chi connectivity index (χ1n) is 20.1. The van der Waals surface area contributed by atoms with E-state index in [1.807, 2.05) is 0 Å². The van der Waals surface area contributed by atoms with Crippen molar-refractivity contribution in [1.82, 2.24) is 5.32 Å². The summed E-state index contributed by atoms with van der Waals surface area (Å²) in [5.74, 6) is -0.564. The molecule has 0 radical (unpaired) electrons. The van der Waals surface area contributed by atoms with Gasteiger partial charge in [-0.1, -0.05) is 149 Å². The predicted molar refractivity (Wildman–Crippen MR) is 197 cm³/mol. The molecule has 51 heavy (non-hydrogen) atoms. The first kappa shape index (κ1) is 48.3. The van der Waals surface area contributed by atoms with Gasteiger partial charge in [-0.3, -0.25) is 13.8 Å². The molecule has 8 atom stereocenters. The number of nitrogens with one attached hydrogen (secondary N) is 1. The number of carbonyl (C=O) groups is 1. The number of carbonyl (C=O) groups excluding carboxylic acids is 1. The zero-order valence-electron chi connectivity index (χ0n) is 31.5. The molecule has 0 saturated heterocycles. The number of aliphatic hydroxyl groups is 7. The van der Waals surface area contributed by atoms with E-state index in [-0.39, 0.29) is 12.8 Å². The van der Waals surface area contributed by atoms with Crippen LogP contribution in [-0.4, -0.2) is 108 Å². The summed E-state index contributed by atoms with van der Waals surface area (Å²) in [6.45, 7) is 3.71. The summed E-state index contributed by atoms with van der Waals surface area (Å²) in [5, 5.41) is 74.1. The fourth-order valence-corrected chi connectivity index (χ4v) is 7.56. The van der Waals surface area contributed by atoms with Gasteiger partial charge in [-0.05, 0) is 12.8 Å². The van der Waals surface area contributed by atoms with Crippen LogP contribution < -0.4 is 5.32 Å². The van der Waals surface area contributed by atoms with E-state index in [2.05, 4.69) is 19.2 Å². The van der Waals surface area contributed by atoms with Crippen molar-refractivity contribution in [2.75, 3.05) is 6.61 Å². The maximum atomic E-state index is 12.9. The molecule has 9 N–H and O–H groups in total. The second kappa shape index (κ2) is 28.7. The third-order valence-corrected chi connectivity index (χ3v) is 11.0. The van der Waals surface area contributed by atoms with Gasteiger partial charge in [0.25, 0.3) is 0 Å². The monoisotopic (exact) mass is 755 g/mol. The molecule has 8 unspecified atom stereocenters. The molecule has 1 rings (SSSR count). The SMILES string of the molecule is CCCCCCCCCCCCCCCCC(O)C(COP(=O)(O)OC1C(O)C(O)C(O)C(O)C1O)NC(=O)CC(O)CCCCCCCCC. The van der Waals surface area contributed by atoms with Gasteiger partial charge in [0, 0.05) is 0 Å². The average Bonchev–Trinajstić information content (AvgIpc) is 3.09. The highest BCUT2D eigenvalue weighted by Gasteiger charge is 2.51. The summed E-state index contributed by atoms with van der Waals surface area (Å²) >= 11 is 0. The van der Waals surface area contributed by atoms with Crippen molar-refractivity contribution in [2.45, 2.75) is 223 Å². The fraction of sp³-hybridized carbons (Fsp3) is 0.973. The molecule has 1 fully saturated rings. The van der Waals surface area contributed by atoms with E-state index in [1.165, 1.54) is 77.0 Å². The summed E-state index contributed by atoms with van der Waals surface area (Å²) < 4.78 is 22.8. The predicted octanol–water partition coefficient (Wildman–Crippen LogP) is 4.92. The third kappa shape index (κ3) is 21.7. The highest BCUT2D eigenvalue weighted by atomic mass is 31.2. The topological polar surface area (TPSA) is 226 Å². The van der Waals surface area contributed by atoms with E-state index in [1.54, 1.807) is 0 Å². The molecule has 0 aromatic heterocycles. The van der Waals surface area contributed by atoms with Crippen LogP contribution in [0.2, 0.25) is 0 Å². The van der Waals surface area contributed by atoms with Crippen molar-refractivity contribution in [3.8, 4) is 0 Å². The van der Waals surface area contributed by atoms with Crippen molar-refractivity contribution in [3.05, 3.63) is 0 Å². The highest BCUT2D eigenvalue weighted by Crippen LogP contribution is 2.47. The van der Waals surface area contributed by atoms with Crippen LogP contribution in [0.25, 0.3) is 0 Å². The Morgan fingerprint density at radius 3 is 1.41 bits per heavy atom. The van der Waals surface area contributed by atoms with E-state index in [4.69, 9.17) is 9.05 Å². The number of amides is 1. The molecule has 13 nitrogen and oxygen atoms in total. The molecule has 1 aliphatic carbocycles. The van der Waals surface area contributed by atoms with Crippen molar-refractivity contribution >= 4 is 13.7 Å². The van der Waals surface area contributed by atoms with Gasteiger partial charge in [0.15, 0.2) is 0 Å². The number of hydrogen-bond donors (Lipinski definition) is 9. The van der Waals surface area contributed by atoms with Crippen LogP contribution >= 0.6 is 7.82 Å². The van der Waals surface area contributed by atoms with E-state index in [0.717, 1.165) is 51.4 Å². The van der Waals surface area contributed by atoms with Gasteiger partial charge < -0.3 is 46.0 Å². The molecule has 0 heterocycles. The molecule has 0 bridgehead atoms. The lowest BCUT2D eigenvalue weighted by Gasteiger charge is -2.41. The molecule has 0 aromatic carbocycles. The molecule has 0 aromatic rings. The van der Waals surface area contributed by atoms with Gasteiger partial charge in [0.05, 0.1) is 31.3 Å². The molecule has 1 aliphatic rings. The minimum absolute atomic E-state index is 0.218. The Morgan fingerprint density at radius 1 is 0.608 bits per heavy atom. The Hall–Kier alpha value is -0.700. The zero-order valence-corrected chi connectivity index (χ0v) is 32.4. The van der Waals surface area contributed by atoms with E-state index in [0.29, 0.717) is 12.8 Å². The van der Waals surface area contributed by atoms with Gasteiger partial charge in [0.2, 0.25) is 5.91 Å². The van der Waals surface area contributed by atoms with Gasteiger partial charge in [-0.2, -0.15) is 0 Å². The maximum absolute atomic E-state index is 12.9. The summed E-state index contributed by atoms with van der Waals surface area (Å²) in [6.07, 6.45) is 10.5. The quantitative estimate of drug-likeness (QED) is 0.0330. The van der Waals surface area contributed by atoms with Gasteiger partial charge >= 0.3 is 7.82 Å². The highest BCUT2D eigenvalue weighted by molar-refractivity contribution is 7.47. The molecular formula is C37H74NO12P. The zero-order chi connectivity index (χ0) is 38.1. The van der Waals surface area contributed by atoms with Crippen LogP contribution in [-0.2, 0) is 18.4 Å². The van der Waals surface area contributed by atoms with Crippen LogP contribution in [0.4, 0.5) is 0 Å². The third-order valence-electron chi connectivity index (χ3n) is 9.97. The molecule has 0 aliphatic heterocycles. The number of phosphoric ester groups is 1. The van der Waals surface area contributed by atoms with E-state index >= 15 is 0 Å². The maximum Gasteiger partial charge on any atom is 0.472 e. The standard InChI is InChI=1S/C37H74NO12P/c1-3-5-7-9-11-12-13-14-15-16-17-19-21-23-25-30(40)29(38-31(41)26-28(39)24-22-20-18-10-8-6-4-2)27-49-51(47,48)50-37-35(45)33(43)32(42)34(44)36(37)46/h28-30,32-37,39-40,42-46H,3-27H2,1-2H3,(H,38,41)(H,47,48). The van der Waals surface area contributed by atoms with Crippen molar-refractivity contribution < 1.29 is 59.0 Å². The number of aliphatic hydroxyl groups excluding tert-OH is 7. The van der Waals surface area contributed by atoms with Crippen molar-refractivity contribution in [3.63, 3.8) is 0 Å². The number of rotatable bonds is 32. The molecule has 1 saturated carbocycles. The second-order valence-corrected chi connectivity index (χ2v) is 16.1. The second-order valence-electron chi connectivity index (χ2n) is 14.7. The summed E-state index contributed by atoms with van der Waals surface area (Å²) in [4.78, 5) is 23.2. The summed E-state index contributed by atoms with van der Waals surface area (Å²) in [5.41, 5.74) is 0. The molecule has 304 valence electrons. The summed E-state index contributed by atoms with van der Waals surface area (Å²) in [7, 11) is -5.10. The van der Waals surface area contributed by atoms with Gasteiger partial charge in [-0.15, -0.1) is 0 Å². The number of phosphoric acid groups is 1. The fourth-order valence-electron chi connectivity index (χ4n) is 6.60. The Kier molecular flexibility index (Phi) is 27.2. The number of unbranched alkanes of at least 4 members (excludes halogenated alkanes) is 19. The molecule has 0 spiro atoms. The Labute approximate surface area is 307 Å². The van der Waals surface area contributed by atoms with Gasteiger partial charge in [0.1, 0.15) is 36.6 Å². The van der Waals surface area contributed by atoms with Gasteiger partial charge in [-0.25, -0.2) is 4.57 Å². The first-order valence-corrected chi connectivity index (χ1v) is 21.6. The largest absolute Gasteiger partial charge is 0.472 e. The van der Waals surface area contributed by atoms with Crippen LogP contribution in [0, 0.1) is 0 Å². The van der Waals surface area contributed by atoms with E-state index in [9.17, 15) is 50.0 Å². The van der Waals surface area contributed by atoms with Crippen molar-refractivity contribution in [2.24, 2.45) is 0 Å². The minimum Gasteiger partial charge on any atom is -0.393 e. The van der Waals surface area contributed by atoms with E-state index < -0.39 is 75.2 Å². The normalized spacial score (nSPS) is 25.3. The van der Waals surface area contributed by atoms with Crippen LogP contribution in [0.1, 0.15) is 168 Å². The smallest absolute Gasteiger partial charge is 0.393 e. The van der Waals surface area contributed by atoms with Crippen LogP contribution in [0.3, 0.4) is 0 Å². The first-order chi connectivity index (χ1) is 24.3. The molecule has 1 amide bonds. The minimum atomic E-state index is -5.10. The Morgan fingerprint density at radius 2 is 0.980 bits per heavy atom. The number of hydrogen-bond acceptors (Lipinski definition) is 11. The summed E-state index contributed by atoms with van der Waals surface area (Å²) in [6, 6.07) is -1.14. The molecule has 14 heteroatoms. The Bertz CT molecular complexity index is 901.